The molecule has 0 aliphatic rings. The number of sulfonamides is 2. The lowest BCUT2D eigenvalue weighted by molar-refractivity contribution is 0.582. The van der Waals surface area contributed by atoms with Crippen LogP contribution in [0.1, 0.15) is 0 Å². The van der Waals surface area contributed by atoms with Gasteiger partial charge in [0.05, 0.1) is 9.79 Å². The zero-order valence-corrected chi connectivity index (χ0v) is 13.5. The Morgan fingerprint density at radius 3 is 1.09 bits per heavy atom. The molecule has 0 amide bonds. The Labute approximate surface area is 134 Å². The van der Waals surface area contributed by atoms with Crippen LogP contribution in [0.15, 0.2) is 70.5 Å². The van der Waals surface area contributed by atoms with E-state index in [0.717, 1.165) is 0 Å². The van der Waals surface area contributed by atoms with E-state index in [2.05, 4.69) is 0 Å². The van der Waals surface area contributed by atoms with Crippen molar-refractivity contribution < 1.29 is 22.3 Å². The summed E-state index contributed by atoms with van der Waals surface area (Å²) in [6.07, 6.45) is 0. The van der Waals surface area contributed by atoms with E-state index in [1.165, 1.54) is 24.3 Å². The Morgan fingerprint density at radius 2 is 0.870 bits per heavy atom. The highest BCUT2D eigenvalue weighted by Gasteiger charge is 2.09. The molecule has 0 atom stereocenters. The molecule has 0 unspecified atom stereocenters. The van der Waals surface area contributed by atoms with Crippen molar-refractivity contribution in [3.63, 3.8) is 0 Å². The van der Waals surface area contributed by atoms with Crippen molar-refractivity contribution in [3.05, 3.63) is 60.7 Å². The van der Waals surface area contributed by atoms with Crippen molar-refractivity contribution in [1.82, 2.24) is 9.66 Å². The Hall–Kier alpha value is -1.86. The summed E-state index contributed by atoms with van der Waals surface area (Å²) in [5, 5.41) is 0. The summed E-state index contributed by atoms with van der Waals surface area (Å²) >= 11 is 0. The summed E-state index contributed by atoms with van der Waals surface area (Å²) in [5.41, 5.74) is 0. The quantitative estimate of drug-likeness (QED) is 0.394. The van der Waals surface area contributed by atoms with Gasteiger partial charge in [-0.15, -0.1) is 0 Å². The zero-order valence-electron chi connectivity index (χ0n) is 11.9. The van der Waals surface area contributed by atoms with Gasteiger partial charge in [-0.05, 0) is 24.3 Å². The largest absolute Gasteiger partial charge is 0.412 e. The Morgan fingerprint density at radius 1 is 0.609 bits per heavy atom. The number of nitrogens with two attached hydrogens (primary N) is 2. The zero-order chi connectivity index (χ0) is 16.6. The molecule has 128 valence electrons. The smallest absolute Gasteiger partial charge is 0.253 e. The second kappa shape index (κ2) is 9.32. The molecule has 0 heterocycles. The standard InChI is InChI=1S/2C6H8N2O2S.H2O/c2*7-8-11(9,10)6-4-2-1-3-5-6;/h2*1-5,8H,7H2;1H2. The maximum absolute atomic E-state index is 11.0. The molecule has 0 radical (unpaired) electrons. The van der Waals surface area contributed by atoms with Gasteiger partial charge in [0.25, 0.3) is 20.0 Å². The molecule has 2 aromatic rings. The lowest BCUT2D eigenvalue weighted by atomic mass is 10.4. The summed E-state index contributed by atoms with van der Waals surface area (Å²) in [7, 11) is -6.94. The second-order valence-electron chi connectivity index (χ2n) is 3.87. The van der Waals surface area contributed by atoms with E-state index >= 15 is 0 Å². The lowest BCUT2D eigenvalue weighted by Gasteiger charge is -1.99. The van der Waals surface area contributed by atoms with Gasteiger partial charge >= 0.3 is 0 Å². The Balaban J connectivity index is 0.000000403. The van der Waals surface area contributed by atoms with E-state index in [9.17, 15) is 16.8 Å². The monoisotopic (exact) mass is 362 g/mol. The molecule has 0 fully saturated rings. The molecule has 2 rings (SSSR count). The fourth-order valence-corrected chi connectivity index (χ4v) is 2.64. The fourth-order valence-electron chi connectivity index (χ4n) is 1.34. The number of hydrogen-bond acceptors (Lipinski definition) is 6. The number of rotatable bonds is 4. The number of nitrogens with one attached hydrogen (secondary N) is 2. The van der Waals surface area contributed by atoms with Crippen LogP contribution in [0.2, 0.25) is 0 Å². The van der Waals surface area contributed by atoms with Crippen LogP contribution in [0, 0.1) is 0 Å². The van der Waals surface area contributed by atoms with Crippen LogP contribution in [0.25, 0.3) is 0 Å². The first-order valence-electron chi connectivity index (χ1n) is 5.88. The molecule has 9 nitrogen and oxygen atoms in total. The van der Waals surface area contributed by atoms with E-state index in [4.69, 9.17) is 11.7 Å². The fraction of sp³-hybridized carbons (Fsp3) is 0. The lowest BCUT2D eigenvalue weighted by Crippen LogP contribution is -2.30. The molecule has 0 saturated heterocycles. The van der Waals surface area contributed by atoms with Crippen molar-refractivity contribution in [3.8, 4) is 0 Å². The van der Waals surface area contributed by atoms with Crippen molar-refractivity contribution in [1.29, 1.82) is 0 Å². The van der Waals surface area contributed by atoms with Crippen molar-refractivity contribution >= 4 is 20.0 Å². The van der Waals surface area contributed by atoms with Crippen LogP contribution < -0.4 is 21.3 Å². The number of hydrazine groups is 2. The molecular weight excluding hydrogens is 344 g/mol. The van der Waals surface area contributed by atoms with Gasteiger partial charge in [-0.3, -0.25) is 11.7 Å². The van der Waals surface area contributed by atoms with E-state index in [0.29, 0.717) is 0 Å². The maximum Gasteiger partial charge on any atom is 0.253 e. The summed E-state index contributed by atoms with van der Waals surface area (Å²) < 4.78 is 43.9. The highest BCUT2D eigenvalue weighted by atomic mass is 32.2. The van der Waals surface area contributed by atoms with Gasteiger partial charge < -0.3 is 5.48 Å². The molecule has 2 aromatic carbocycles. The predicted octanol–water partition coefficient (Wildman–Crippen LogP) is -1.15. The van der Waals surface area contributed by atoms with Gasteiger partial charge in [0.1, 0.15) is 0 Å². The van der Waals surface area contributed by atoms with Crippen molar-refractivity contribution in [2.75, 3.05) is 0 Å². The molecule has 0 saturated carbocycles. The summed E-state index contributed by atoms with van der Waals surface area (Å²) in [6.45, 7) is 0. The molecule has 11 heteroatoms. The van der Waals surface area contributed by atoms with E-state index < -0.39 is 20.0 Å². The van der Waals surface area contributed by atoms with Crippen molar-refractivity contribution in [2.45, 2.75) is 9.79 Å². The van der Waals surface area contributed by atoms with Crippen molar-refractivity contribution in [2.24, 2.45) is 11.7 Å². The first-order chi connectivity index (χ1) is 10.3. The molecule has 0 aliphatic heterocycles. The number of hydrogen-bond donors (Lipinski definition) is 4. The van der Waals surface area contributed by atoms with Crippen LogP contribution in [0.3, 0.4) is 0 Å². The molecule has 0 aliphatic carbocycles. The van der Waals surface area contributed by atoms with E-state index in [1.807, 2.05) is 0 Å². The van der Waals surface area contributed by atoms with Gasteiger partial charge in [0, 0.05) is 0 Å². The predicted molar refractivity (Wildman–Crippen MR) is 85.5 cm³/mol. The minimum atomic E-state index is -3.47. The van der Waals surface area contributed by atoms with E-state index in [1.54, 1.807) is 46.1 Å². The third-order valence-electron chi connectivity index (χ3n) is 2.42. The van der Waals surface area contributed by atoms with Gasteiger partial charge in [-0.25, -0.2) is 16.8 Å². The Bertz CT molecular complexity index is 711. The summed E-state index contributed by atoms with van der Waals surface area (Å²) in [6, 6.07) is 15.8. The normalized spacial score (nSPS) is 10.9. The van der Waals surface area contributed by atoms with Gasteiger partial charge in [0.2, 0.25) is 0 Å². The minimum Gasteiger partial charge on any atom is -0.412 e. The highest BCUT2D eigenvalue weighted by molar-refractivity contribution is 7.89. The van der Waals surface area contributed by atoms with Crippen LogP contribution >= 0.6 is 0 Å². The molecular formula is C12H18N4O5S2. The third-order valence-corrected chi connectivity index (χ3v) is 4.82. The van der Waals surface area contributed by atoms with Gasteiger partial charge in [0.15, 0.2) is 0 Å². The molecule has 0 spiro atoms. The first kappa shape index (κ1) is 21.1. The van der Waals surface area contributed by atoms with E-state index in [-0.39, 0.29) is 15.3 Å². The number of benzene rings is 2. The molecule has 0 aromatic heterocycles. The highest BCUT2D eigenvalue weighted by Crippen LogP contribution is 2.05. The molecule has 8 N–H and O–H groups in total. The average Bonchev–Trinajstić information content (AvgIpc) is 2.57. The third kappa shape index (κ3) is 6.42. The van der Waals surface area contributed by atoms with Crippen LogP contribution in [0.4, 0.5) is 0 Å². The summed E-state index contributed by atoms with van der Waals surface area (Å²) in [5.74, 6) is 9.60. The second-order valence-corrected chi connectivity index (χ2v) is 7.30. The molecule has 23 heavy (non-hydrogen) atoms. The topological polar surface area (TPSA) is 176 Å². The maximum atomic E-state index is 11.0. The van der Waals surface area contributed by atoms with Gasteiger partial charge in [-0.2, -0.15) is 9.66 Å². The minimum absolute atomic E-state index is 0. The summed E-state index contributed by atoms with van der Waals surface area (Å²) in [4.78, 5) is 3.80. The average molecular weight is 362 g/mol. The molecule has 0 bridgehead atoms. The first-order valence-corrected chi connectivity index (χ1v) is 8.85. The Kier molecular flexibility index (Phi) is 8.56. The van der Waals surface area contributed by atoms with Crippen LogP contribution in [-0.4, -0.2) is 22.3 Å². The SMILES string of the molecule is NNS(=O)(=O)c1ccccc1.NNS(=O)(=O)c1ccccc1.O. The van der Waals surface area contributed by atoms with Crippen LogP contribution in [-0.2, 0) is 20.0 Å². The van der Waals surface area contributed by atoms with Gasteiger partial charge in [-0.1, -0.05) is 36.4 Å². The van der Waals surface area contributed by atoms with Crippen LogP contribution in [0.5, 0.6) is 0 Å².